The molecule has 9 atom stereocenters. The minimum absolute atomic E-state index is 0.312. The topological polar surface area (TPSA) is 500 Å². The molecule has 0 spiro atoms. The molecule has 9 unspecified atom stereocenters. The summed E-state index contributed by atoms with van der Waals surface area (Å²) in [7, 11) is 0. The molecule has 0 saturated heterocycles. The largest absolute Gasteiger partial charge is 0.481 e. The van der Waals surface area contributed by atoms with Crippen molar-refractivity contribution in [1.82, 2.24) is 42.5 Å². The number of aliphatic carboxylic acids is 3. The molecule has 0 rings (SSSR count). The van der Waals surface area contributed by atoms with Crippen LogP contribution < -0.4 is 65.5 Å². The van der Waals surface area contributed by atoms with Gasteiger partial charge < -0.3 is 80.8 Å². The Hall–Kier alpha value is -7.11. The van der Waals surface area contributed by atoms with E-state index in [2.05, 4.69) is 42.5 Å². The van der Waals surface area contributed by atoms with Crippen LogP contribution in [0.3, 0.4) is 0 Å². The SMILES string of the molecule is CSCCC(N)C(=O)NC(C)C(=O)NC(CCC(N)=O)C(=O)NC(C)C(=O)NC(CCC(N)=O)C(=O)NC(C)C(=O)NC(CC(C(=O)O)C(=O)O)C(=O)NC(C)C(=O)NC(CCC(N)=O)C(=O)O. The third-order valence-electron chi connectivity index (χ3n) is 9.60. The molecule has 0 aromatic heterocycles. The standard InChI is InChI=1S/C38H62N12O17S/c1-15(43-32(58)20(39)12-13-68-5)28(54)47-21(6-9-25(40)51)33(59)44-16(2)29(55)48-22(7-10-26(41)52)34(60)45-18(4)31(57)50-24(14-19(36(62)63)37(64)65)35(61)46-17(3)30(56)49-23(38(66)67)8-11-27(42)53/h15-24H,6-14,39H2,1-5H3,(H2,40,51)(H2,41,52)(H2,42,53)(H,43,58)(H,44,59)(H,45,60)(H,46,61)(H,47,54)(H,48,55)(H,49,56)(H,50,57)(H,62,63)(H,64,65)(H,66,67). The number of nitrogens with two attached hydrogens (primary N) is 4. The van der Waals surface area contributed by atoms with Crippen LogP contribution in [0, 0.1) is 5.92 Å². The molecule has 0 radical (unpaired) electrons. The smallest absolute Gasteiger partial charge is 0.326 e. The number of carbonyl (C=O) groups is 14. The predicted molar refractivity (Wildman–Crippen MR) is 235 cm³/mol. The minimum Gasteiger partial charge on any atom is -0.481 e. The van der Waals surface area contributed by atoms with Gasteiger partial charge in [0.1, 0.15) is 48.3 Å². The van der Waals surface area contributed by atoms with Crippen molar-refractivity contribution in [2.45, 2.75) is 133 Å². The summed E-state index contributed by atoms with van der Waals surface area (Å²) in [5.74, 6) is -18.3. The maximum Gasteiger partial charge on any atom is 0.326 e. The first-order valence-corrected chi connectivity index (χ1v) is 22.1. The van der Waals surface area contributed by atoms with Crippen LogP contribution in [0.1, 0.15) is 79.1 Å². The van der Waals surface area contributed by atoms with E-state index in [0.717, 1.165) is 20.8 Å². The maximum atomic E-state index is 13.5. The van der Waals surface area contributed by atoms with Crippen molar-refractivity contribution in [3.63, 3.8) is 0 Å². The van der Waals surface area contributed by atoms with Crippen molar-refractivity contribution < 1.29 is 82.4 Å². The van der Waals surface area contributed by atoms with E-state index in [4.69, 9.17) is 22.9 Å². The van der Waals surface area contributed by atoms with Gasteiger partial charge in [0, 0.05) is 25.7 Å². The maximum absolute atomic E-state index is 13.5. The van der Waals surface area contributed by atoms with Crippen molar-refractivity contribution in [2.24, 2.45) is 28.9 Å². The van der Waals surface area contributed by atoms with Crippen LogP contribution >= 0.6 is 11.8 Å². The molecule has 0 aromatic carbocycles. The van der Waals surface area contributed by atoms with E-state index in [1.165, 1.54) is 18.7 Å². The number of rotatable bonds is 33. The molecule has 0 heterocycles. The number of thioether (sulfide) groups is 1. The Balaban J connectivity index is 6.16. The van der Waals surface area contributed by atoms with Gasteiger partial charge in [0.15, 0.2) is 5.92 Å². The highest BCUT2D eigenvalue weighted by atomic mass is 32.2. The van der Waals surface area contributed by atoms with Crippen LogP contribution in [0.15, 0.2) is 0 Å². The molecule has 0 aromatic rings. The fourth-order valence-electron chi connectivity index (χ4n) is 5.52. The van der Waals surface area contributed by atoms with Crippen LogP contribution in [0.2, 0.25) is 0 Å². The second kappa shape index (κ2) is 30.2. The first kappa shape index (κ1) is 60.9. The summed E-state index contributed by atoms with van der Waals surface area (Å²) in [5, 5.41) is 46.1. The highest BCUT2D eigenvalue weighted by Crippen LogP contribution is 2.11. The lowest BCUT2D eigenvalue weighted by molar-refractivity contribution is -0.156. The van der Waals surface area contributed by atoms with Gasteiger partial charge in [-0.25, -0.2) is 4.79 Å². The summed E-state index contributed by atoms with van der Waals surface area (Å²) in [5.41, 5.74) is 21.3. The third-order valence-corrected chi connectivity index (χ3v) is 10.2. The van der Waals surface area contributed by atoms with E-state index in [1.54, 1.807) is 0 Å². The number of amides is 11. The Morgan fingerprint density at radius 3 is 1.01 bits per heavy atom. The van der Waals surface area contributed by atoms with Crippen LogP contribution in [-0.2, 0) is 67.1 Å². The molecule has 0 saturated carbocycles. The lowest BCUT2D eigenvalue weighted by Crippen LogP contribution is -2.59. The third kappa shape index (κ3) is 23.4. The Labute approximate surface area is 393 Å². The van der Waals surface area contributed by atoms with Crippen LogP contribution in [0.5, 0.6) is 0 Å². The van der Waals surface area contributed by atoms with Gasteiger partial charge in [-0.3, -0.25) is 62.3 Å². The van der Waals surface area contributed by atoms with Gasteiger partial charge in [-0.15, -0.1) is 0 Å². The van der Waals surface area contributed by atoms with Crippen LogP contribution in [0.4, 0.5) is 0 Å². The van der Waals surface area contributed by atoms with Gasteiger partial charge in [0.05, 0.1) is 6.04 Å². The lowest BCUT2D eigenvalue weighted by atomic mass is 9.98. The second-order valence-corrected chi connectivity index (χ2v) is 16.4. The zero-order valence-corrected chi connectivity index (χ0v) is 38.7. The van der Waals surface area contributed by atoms with E-state index >= 15 is 0 Å². The molecule has 30 heteroatoms. The molecular formula is C38H62N12O17S. The molecule has 68 heavy (non-hydrogen) atoms. The highest BCUT2D eigenvalue weighted by molar-refractivity contribution is 7.98. The van der Waals surface area contributed by atoms with Crippen molar-refractivity contribution in [3.05, 3.63) is 0 Å². The normalized spacial score (nSPS) is 14.8. The summed E-state index contributed by atoms with van der Waals surface area (Å²) in [6.45, 7) is 4.56. The van der Waals surface area contributed by atoms with Gasteiger partial charge in [-0.1, -0.05) is 0 Å². The molecule has 382 valence electrons. The van der Waals surface area contributed by atoms with Gasteiger partial charge in [-0.2, -0.15) is 11.8 Å². The Bertz CT molecular complexity index is 1890. The van der Waals surface area contributed by atoms with Gasteiger partial charge in [0.2, 0.25) is 65.0 Å². The minimum atomic E-state index is -2.31. The Kier molecular flexibility index (Phi) is 27.1. The number of carboxylic acid groups (broad SMARTS) is 3. The van der Waals surface area contributed by atoms with Gasteiger partial charge >= 0.3 is 17.9 Å². The fourth-order valence-corrected chi connectivity index (χ4v) is 6.01. The molecule has 0 bridgehead atoms. The van der Waals surface area contributed by atoms with Crippen molar-refractivity contribution in [1.29, 1.82) is 0 Å². The number of nitrogens with one attached hydrogen (secondary N) is 8. The van der Waals surface area contributed by atoms with E-state index in [-0.39, 0.29) is 6.42 Å². The van der Waals surface area contributed by atoms with Crippen molar-refractivity contribution in [3.8, 4) is 0 Å². The number of carboxylic acids is 3. The molecule has 0 aliphatic carbocycles. The summed E-state index contributed by atoms with van der Waals surface area (Å²) in [6, 6.07) is -13.8. The molecule has 0 aliphatic heterocycles. The first-order valence-electron chi connectivity index (χ1n) is 20.7. The number of hydrogen-bond acceptors (Lipinski definition) is 16. The molecule has 11 amide bonds. The molecule has 29 nitrogen and oxygen atoms in total. The second-order valence-electron chi connectivity index (χ2n) is 15.4. The Morgan fingerprint density at radius 1 is 0.412 bits per heavy atom. The summed E-state index contributed by atoms with van der Waals surface area (Å²) in [4.78, 5) is 174. The quantitative estimate of drug-likeness (QED) is 0.0272. The lowest BCUT2D eigenvalue weighted by Gasteiger charge is -2.26. The zero-order valence-electron chi connectivity index (χ0n) is 37.9. The van der Waals surface area contributed by atoms with Crippen LogP contribution in [-0.4, -0.2) is 165 Å². The molecule has 0 aliphatic rings. The molecular weight excluding hydrogens is 929 g/mol. The first-order chi connectivity index (χ1) is 31.5. The predicted octanol–water partition coefficient (Wildman–Crippen LogP) is -6.92. The highest BCUT2D eigenvalue weighted by Gasteiger charge is 2.36. The number of hydrogen-bond donors (Lipinski definition) is 15. The molecule has 0 fully saturated rings. The monoisotopic (exact) mass is 990 g/mol. The summed E-state index contributed by atoms with van der Waals surface area (Å²) >= 11 is 1.45. The average Bonchev–Trinajstić information content (AvgIpc) is 3.24. The number of carbonyl (C=O) groups excluding carboxylic acids is 11. The van der Waals surface area contributed by atoms with Crippen molar-refractivity contribution >= 4 is 94.6 Å². The zero-order chi connectivity index (χ0) is 52.6. The van der Waals surface area contributed by atoms with E-state index in [0.29, 0.717) is 12.2 Å². The van der Waals surface area contributed by atoms with Gasteiger partial charge in [0.25, 0.3) is 0 Å². The van der Waals surface area contributed by atoms with Crippen LogP contribution in [0.25, 0.3) is 0 Å². The summed E-state index contributed by atoms with van der Waals surface area (Å²) < 4.78 is 0. The average molecular weight is 991 g/mol. The molecule has 19 N–H and O–H groups in total. The van der Waals surface area contributed by atoms with E-state index < -0.39 is 182 Å². The van der Waals surface area contributed by atoms with Gasteiger partial charge in [-0.05, 0) is 65.4 Å². The fraction of sp³-hybridized carbons (Fsp3) is 0.632. The van der Waals surface area contributed by atoms with Crippen molar-refractivity contribution in [2.75, 3.05) is 12.0 Å². The van der Waals surface area contributed by atoms with E-state index in [1.807, 2.05) is 6.26 Å². The van der Waals surface area contributed by atoms with E-state index in [9.17, 15) is 82.4 Å². The summed E-state index contributed by atoms with van der Waals surface area (Å²) in [6.07, 6.45) is -1.63. The Morgan fingerprint density at radius 2 is 0.706 bits per heavy atom. The number of primary amides is 3.